The van der Waals surface area contributed by atoms with Crippen LogP contribution in [0.3, 0.4) is 0 Å². The Morgan fingerprint density at radius 2 is 1.67 bits per heavy atom. The molecule has 9 heavy (non-hydrogen) atoms. The van der Waals surface area contributed by atoms with Crippen molar-refractivity contribution in [3.8, 4) is 0 Å². The lowest BCUT2D eigenvalue weighted by atomic mass is 10.4. The van der Waals surface area contributed by atoms with Gasteiger partial charge in [0, 0.05) is 6.42 Å². The Morgan fingerprint density at radius 3 is 1.67 bits per heavy atom. The van der Waals surface area contributed by atoms with Crippen molar-refractivity contribution in [2.75, 3.05) is 0 Å². The molecule has 0 unspecified atom stereocenters. The average Bonchev–Trinajstić information content (AvgIpc) is 1.65. The Kier molecular flexibility index (Phi) is 9.16. The molecule has 0 aliphatic rings. The third-order valence-electron chi connectivity index (χ3n) is 0.498. The van der Waals surface area contributed by atoms with Gasteiger partial charge in [-0.15, -0.1) is 0 Å². The molecule has 0 rings (SSSR count). The summed E-state index contributed by atoms with van der Waals surface area (Å²) in [7, 11) is 0. The summed E-state index contributed by atoms with van der Waals surface area (Å²) in [6.45, 7) is 3.43. The number of hydrogen-bond donors (Lipinski definition) is 2. The van der Waals surface area contributed by atoms with E-state index in [1.54, 1.807) is 6.92 Å². The highest BCUT2D eigenvalue weighted by Gasteiger charge is 1.76. The van der Waals surface area contributed by atoms with Gasteiger partial charge in [-0.2, -0.15) is 0 Å². The molecule has 54 valence electrons. The topological polar surface area (TPSA) is 69.1 Å². The SMILES string of the molecule is CCC(C)=O.NC(N)=S. The van der Waals surface area contributed by atoms with Gasteiger partial charge in [0.2, 0.25) is 0 Å². The van der Waals surface area contributed by atoms with Crippen LogP contribution in [0.4, 0.5) is 0 Å². The van der Waals surface area contributed by atoms with Gasteiger partial charge < -0.3 is 16.3 Å². The maximum absolute atomic E-state index is 9.81. The summed E-state index contributed by atoms with van der Waals surface area (Å²) in [6.07, 6.45) is 0.667. The van der Waals surface area contributed by atoms with Crippen molar-refractivity contribution in [3.63, 3.8) is 0 Å². The number of carbonyl (C=O) groups excluding carboxylic acids is 1. The summed E-state index contributed by atoms with van der Waals surface area (Å²) in [5.74, 6) is 0.255. The second-order valence-electron chi connectivity index (χ2n) is 1.46. The van der Waals surface area contributed by atoms with E-state index in [4.69, 9.17) is 0 Å². The lowest BCUT2D eigenvalue weighted by Gasteiger charge is -1.71. The molecule has 0 atom stereocenters. The highest BCUT2D eigenvalue weighted by atomic mass is 32.1. The fourth-order valence-corrected chi connectivity index (χ4v) is 0. The van der Waals surface area contributed by atoms with Gasteiger partial charge in [-0.25, -0.2) is 0 Å². The summed E-state index contributed by atoms with van der Waals surface area (Å²) < 4.78 is 0. The predicted molar refractivity (Wildman–Crippen MR) is 41.9 cm³/mol. The number of thiocarbonyl (C=S) groups is 1. The quantitative estimate of drug-likeness (QED) is 0.520. The summed E-state index contributed by atoms with van der Waals surface area (Å²) in [5.41, 5.74) is 9.24. The summed E-state index contributed by atoms with van der Waals surface area (Å²) >= 11 is 4.09. The van der Waals surface area contributed by atoms with Crippen LogP contribution in [0.15, 0.2) is 0 Å². The fourth-order valence-electron chi connectivity index (χ4n) is 0. The third kappa shape index (κ3) is 114. The molecule has 0 aromatic carbocycles. The minimum Gasteiger partial charge on any atom is -0.377 e. The molecule has 0 amide bonds. The lowest BCUT2D eigenvalue weighted by molar-refractivity contribution is -0.116. The van der Waals surface area contributed by atoms with Crippen molar-refractivity contribution in [1.82, 2.24) is 0 Å². The Morgan fingerprint density at radius 1 is 1.56 bits per heavy atom. The number of ketones is 1. The molecule has 0 saturated heterocycles. The molecule has 4 N–H and O–H groups in total. The van der Waals surface area contributed by atoms with Crippen LogP contribution >= 0.6 is 12.2 Å². The second-order valence-corrected chi connectivity index (χ2v) is 1.93. The third-order valence-corrected chi connectivity index (χ3v) is 0.498. The van der Waals surface area contributed by atoms with Gasteiger partial charge in [0.1, 0.15) is 5.78 Å². The van der Waals surface area contributed by atoms with Crippen LogP contribution in [0.25, 0.3) is 0 Å². The molecule has 0 fully saturated rings. The van der Waals surface area contributed by atoms with Crippen molar-refractivity contribution in [1.29, 1.82) is 0 Å². The summed E-state index contributed by atoms with van der Waals surface area (Å²) in [4.78, 5) is 9.81. The van der Waals surface area contributed by atoms with Gasteiger partial charge in [-0.3, -0.25) is 0 Å². The zero-order valence-electron chi connectivity index (χ0n) is 5.68. The molecular weight excluding hydrogens is 136 g/mol. The largest absolute Gasteiger partial charge is 0.377 e. The monoisotopic (exact) mass is 148 g/mol. The van der Waals surface area contributed by atoms with Gasteiger partial charge in [0.25, 0.3) is 0 Å². The Balaban J connectivity index is 0. The molecule has 0 saturated carbocycles. The van der Waals surface area contributed by atoms with E-state index in [0.717, 1.165) is 0 Å². The molecule has 0 heterocycles. The zero-order valence-corrected chi connectivity index (χ0v) is 6.49. The lowest BCUT2D eigenvalue weighted by Crippen LogP contribution is -2.18. The van der Waals surface area contributed by atoms with Crippen LogP contribution in [-0.4, -0.2) is 10.9 Å². The van der Waals surface area contributed by atoms with Gasteiger partial charge in [-0.05, 0) is 19.1 Å². The minimum atomic E-state index is 0.000000000000000222. The summed E-state index contributed by atoms with van der Waals surface area (Å²) in [6, 6.07) is 0. The molecule has 0 spiro atoms. The highest BCUT2D eigenvalue weighted by molar-refractivity contribution is 7.80. The number of rotatable bonds is 1. The number of Topliss-reactive ketones (excluding diaryl/α,β-unsaturated/α-hetero) is 1. The van der Waals surface area contributed by atoms with Crippen LogP contribution in [0, 0.1) is 0 Å². The molecule has 3 nitrogen and oxygen atoms in total. The first-order chi connectivity index (χ1) is 4.00. The van der Waals surface area contributed by atoms with Crippen LogP contribution in [0.5, 0.6) is 0 Å². The maximum atomic E-state index is 9.81. The van der Waals surface area contributed by atoms with E-state index in [1.807, 2.05) is 6.92 Å². The smallest absolute Gasteiger partial charge is 0.160 e. The van der Waals surface area contributed by atoms with Gasteiger partial charge in [0.05, 0.1) is 0 Å². The first-order valence-corrected chi connectivity index (χ1v) is 2.95. The Hall–Kier alpha value is -0.640. The van der Waals surface area contributed by atoms with Gasteiger partial charge >= 0.3 is 0 Å². The van der Waals surface area contributed by atoms with Crippen molar-refractivity contribution in [2.24, 2.45) is 11.5 Å². The van der Waals surface area contributed by atoms with E-state index in [1.165, 1.54) is 0 Å². The predicted octanol–water partition coefficient (Wildman–Crippen LogP) is 0.174. The van der Waals surface area contributed by atoms with Gasteiger partial charge in [-0.1, -0.05) is 6.92 Å². The Labute approximate surface area is 60.4 Å². The first kappa shape index (κ1) is 11.2. The van der Waals surface area contributed by atoms with Crippen LogP contribution in [0.1, 0.15) is 20.3 Å². The summed E-state index contributed by atoms with van der Waals surface area (Å²) in [5, 5.41) is 0.000000000000000222. The molecular formula is C5H12N2OS. The van der Waals surface area contributed by atoms with E-state index >= 15 is 0 Å². The molecule has 0 aromatic rings. The normalized spacial score (nSPS) is 6.89. The Bertz CT molecular complexity index is 99.1. The van der Waals surface area contributed by atoms with Gasteiger partial charge in [0.15, 0.2) is 5.11 Å². The van der Waals surface area contributed by atoms with Crippen molar-refractivity contribution < 1.29 is 4.79 Å². The average molecular weight is 148 g/mol. The number of carbonyl (C=O) groups is 1. The van der Waals surface area contributed by atoms with Crippen LogP contribution in [-0.2, 0) is 4.79 Å². The van der Waals surface area contributed by atoms with E-state index < -0.39 is 0 Å². The second kappa shape index (κ2) is 7.36. The first-order valence-electron chi connectivity index (χ1n) is 2.55. The molecule has 0 aromatic heterocycles. The van der Waals surface area contributed by atoms with E-state index in [9.17, 15) is 4.79 Å². The zero-order chi connectivity index (χ0) is 7.86. The minimum absolute atomic E-state index is 0.000000000000000222. The molecule has 0 radical (unpaired) electrons. The molecule has 0 aliphatic carbocycles. The fraction of sp³-hybridized carbons (Fsp3) is 0.600. The molecule has 0 aliphatic heterocycles. The number of hydrogen-bond acceptors (Lipinski definition) is 2. The maximum Gasteiger partial charge on any atom is 0.160 e. The number of nitrogens with two attached hydrogens (primary N) is 2. The molecule has 0 bridgehead atoms. The van der Waals surface area contributed by atoms with Crippen molar-refractivity contribution in [3.05, 3.63) is 0 Å². The van der Waals surface area contributed by atoms with E-state index in [-0.39, 0.29) is 10.9 Å². The van der Waals surface area contributed by atoms with Crippen molar-refractivity contribution >= 4 is 23.1 Å². The standard InChI is InChI=1S/C4H8O.CH4N2S/c1-3-4(2)5;2-1(3)4/h3H2,1-2H3;(H4,2,3,4). The van der Waals surface area contributed by atoms with Crippen LogP contribution < -0.4 is 11.5 Å². The van der Waals surface area contributed by atoms with Crippen LogP contribution in [0.2, 0.25) is 0 Å². The van der Waals surface area contributed by atoms with E-state index in [0.29, 0.717) is 6.42 Å². The highest BCUT2D eigenvalue weighted by Crippen LogP contribution is 1.71. The van der Waals surface area contributed by atoms with Crippen molar-refractivity contribution in [2.45, 2.75) is 20.3 Å². The van der Waals surface area contributed by atoms with E-state index in [2.05, 4.69) is 23.7 Å². The molecule has 4 heteroatoms.